The number of alkyl halides is 3. The van der Waals surface area contributed by atoms with E-state index in [4.69, 9.17) is 23.8 Å². The van der Waals surface area contributed by atoms with E-state index in [-0.39, 0.29) is 16.6 Å². The van der Waals surface area contributed by atoms with Crippen LogP contribution in [0.25, 0.3) is 5.69 Å². The minimum absolute atomic E-state index is 0.117. The molecule has 0 unspecified atom stereocenters. The van der Waals surface area contributed by atoms with Crippen molar-refractivity contribution in [1.29, 1.82) is 0 Å². The molecule has 0 fully saturated rings. The van der Waals surface area contributed by atoms with Gasteiger partial charge in [-0.1, -0.05) is 35.6 Å². The van der Waals surface area contributed by atoms with Gasteiger partial charge in [-0.2, -0.15) is 13.2 Å². The first-order valence-electron chi connectivity index (χ1n) is 9.02. The predicted molar refractivity (Wildman–Crippen MR) is 118 cm³/mol. The van der Waals surface area contributed by atoms with Gasteiger partial charge in [0.2, 0.25) is 0 Å². The average Bonchev–Trinajstić information content (AvgIpc) is 2.95. The molecule has 29 heavy (non-hydrogen) atoms. The third-order valence-corrected chi connectivity index (χ3v) is 6.45. The highest BCUT2D eigenvalue weighted by Gasteiger charge is 2.33. The number of thioether (sulfide) groups is 1. The van der Waals surface area contributed by atoms with Gasteiger partial charge in [0, 0.05) is 35.7 Å². The second-order valence-electron chi connectivity index (χ2n) is 6.43. The summed E-state index contributed by atoms with van der Waals surface area (Å²) in [6.45, 7) is 8.99. The third kappa shape index (κ3) is 5.35. The van der Waals surface area contributed by atoms with E-state index in [1.165, 1.54) is 23.9 Å². The van der Waals surface area contributed by atoms with Crippen LogP contribution in [0.1, 0.15) is 41.2 Å². The van der Waals surface area contributed by atoms with Crippen molar-refractivity contribution in [3.63, 3.8) is 0 Å². The molecule has 3 nitrogen and oxygen atoms in total. The number of hydrogen-bond donors (Lipinski definition) is 0. The van der Waals surface area contributed by atoms with Crippen molar-refractivity contribution in [2.24, 2.45) is 0 Å². The molecule has 1 aromatic carbocycles. The van der Waals surface area contributed by atoms with Crippen LogP contribution in [0.5, 0.6) is 0 Å². The topological polar surface area (TPSA) is 25.2 Å². The van der Waals surface area contributed by atoms with Crippen molar-refractivity contribution in [1.82, 2.24) is 9.47 Å². The average molecular weight is 463 g/mol. The van der Waals surface area contributed by atoms with Crippen LogP contribution in [0.3, 0.4) is 0 Å². The highest BCUT2D eigenvalue weighted by atomic mass is 35.5. The van der Waals surface area contributed by atoms with E-state index >= 15 is 0 Å². The molecule has 158 valence electrons. The number of Topliss-reactive ketones (excluding diaryl/α,β-unsaturated/α-hetero) is 1. The maximum atomic E-state index is 13.2. The molecule has 0 bridgehead atoms. The van der Waals surface area contributed by atoms with Crippen LogP contribution in [0.4, 0.5) is 13.2 Å². The van der Waals surface area contributed by atoms with Crippen LogP contribution in [0.15, 0.2) is 24.3 Å². The Morgan fingerprint density at radius 2 is 1.83 bits per heavy atom. The SMILES string of the molecule is CCN(CC)C(=S)SCC(=O)c1cc(C)n(-c2ccc(Cl)c(C(F)(F)F)c2)c1C. The van der Waals surface area contributed by atoms with Crippen molar-refractivity contribution >= 4 is 45.7 Å². The van der Waals surface area contributed by atoms with Crippen LogP contribution in [0, 0.1) is 13.8 Å². The van der Waals surface area contributed by atoms with Crippen LogP contribution < -0.4 is 0 Å². The number of benzene rings is 1. The fraction of sp³-hybridized carbons (Fsp3) is 0.400. The van der Waals surface area contributed by atoms with Crippen molar-refractivity contribution in [2.75, 3.05) is 18.8 Å². The molecule has 0 aliphatic rings. The Labute approximate surface area is 183 Å². The van der Waals surface area contributed by atoms with E-state index in [9.17, 15) is 18.0 Å². The Kier molecular flexibility index (Phi) is 7.81. The highest BCUT2D eigenvalue weighted by Crippen LogP contribution is 2.36. The minimum atomic E-state index is -4.56. The minimum Gasteiger partial charge on any atom is -0.358 e. The Bertz CT molecular complexity index is 921. The molecule has 0 saturated heterocycles. The normalized spacial score (nSPS) is 11.6. The van der Waals surface area contributed by atoms with Crippen molar-refractivity contribution < 1.29 is 18.0 Å². The summed E-state index contributed by atoms with van der Waals surface area (Å²) in [5.41, 5.74) is 1.12. The van der Waals surface area contributed by atoms with Gasteiger partial charge < -0.3 is 9.47 Å². The molecule has 0 N–H and O–H groups in total. The number of thiocarbonyl (C=S) groups is 1. The molecule has 0 radical (unpaired) electrons. The lowest BCUT2D eigenvalue weighted by atomic mass is 10.1. The molecule has 2 aromatic rings. The zero-order valence-electron chi connectivity index (χ0n) is 16.6. The predicted octanol–water partition coefficient (Wildman–Crippen LogP) is 6.31. The summed E-state index contributed by atoms with van der Waals surface area (Å²) in [6.07, 6.45) is -4.56. The molecule has 0 saturated carbocycles. The number of aryl methyl sites for hydroxylation is 1. The zero-order valence-corrected chi connectivity index (χ0v) is 19.0. The van der Waals surface area contributed by atoms with Crippen molar-refractivity contribution in [2.45, 2.75) is 33.9 Å². The second-order valence-corrected chi connectivity index (χ2v) is 8.45. The smallest absolute Gasteiger partial charge is 0.358 e. The molecule has 0 atom stereocenters. The molecule has 9 heteroatoms. The van der Waals surface area contributed by atoms with Gasteiger partial charge in [0.1, 0.15) is 4.32 Å². The van der Waals surface area contributed by atoms with Crippen molar-refractivity contribution in [3.8, 4) is 5.69 Å². The molecule has 0 spiro atoms. The van der Waals surface area contributed by atoms with E-state index in [1.54, 1.807) is 24.5 Å². The zero-order chi connectivity index (χ0) is 21.9. The lowest BCUT2D eigenvalue weighted by Crippen LogP contribution is -2.27. The largest absolute Gasteiger partial charge is 0.417 e. The van der Waals surface area contributed by atoms with Gasteiger partial charge in [0.05, 0.1) is 16.3 Å². The molecular formula is C20H22ClF3N2OS2. The summed E-state index contributed by atoms with van der Waals surface area (Å²) in [6, 6.07) is 5.43. The van der Waals surface area contributed by atoms with Gasteiger partial charge in [-0.05, 0) is 52.0 Å². The first-order chi connectivity index (χ1) is 13.5. The Balaban J connectivity index is 2.31. The number of rotatable bonds is 6. The quantitative estimate of drug-likeness (QED) is 0.371. The van der Waals surface area contributed by atoms with E-state index in [1.807, 2.05) is 18.7 Å². The number of ketones is 1. The van der Waals surface area contributed by atoms with Gasteiger partial charge in [-0.3, -0.25) is 4.79 Å². The van der Waals surface area contributed by atoms with Gasteiger partial charge in [0.15, 0.2) is 5.78 Å². The van der Waals surface area contributed by atoms with Gasteiger partial charge in [-0.15, -0.1) is 0 Å². The summed E-state index contributed by atoms with van der Waals surface area (Å²) >= 11 is 12.4. The molecule has 1 aromatic heterocycles. The van der Waals surface area contributed by atoms with Crippen LogP contribution in [-0.4, -0.2) is 38.4 Å². The Hall–Kier alpha value is -1.51. The number of hydrogen-bond acceptors (Lipinski definition) is 3. The molecule has 0 amide bonds. The summed E-state index contributed by atoms with van der Waals surface area (Å²) in [7, 11) is 0. The monoisotopic (exact) mass is 462 g/mol. The number of nitrogens with zero attached hydrogens (tertiary/aromatic N) is 2. The van der Waals surface area contributed by atoms with Gasteiger partial charge >= 0.3 is 6.18 Å². The summed E-state index contributed by atoms with van der Waals surface area (Å²) in [5.74, 6) is 0.0579. The maximum Gasteiger partial charge on any atom is 0.417 e. The fourth-order valence-corrected chi connectivity index (χ4v) is 4.60. The number of aromatic nitrogens is 1. The standard InChI is InChI=1S/C20H22ClF3N2OS2/c1-5-25(6-2)19(28)29-11-18(27)15-9-12(3)26(13(15)4)14-7-8-17(21)16(10-14)20(22,23)24/h7-10H,5-6,11H2,1-4H3. The number of carbonyl (C=O) groups excluding carboxylic acids is 1. The lowest BCUT2D eigenvalue weighted by Gasteiger charge is -2.20. The highest BCUT2D eigenvalue weighted by molar-refractivity contribution is 8.23. The van der Waals surface area contributed by atoms with E-state index < -0.39 is 11.7 Å². The molecule has 1 heterocycles. The molecule has 0 aliphatic heterocycles. The lowest BCUT2D eigenvalue weighted by molar-refractivity contribution is -0.137. The van der Waals surface area contributed by atoms with Gasteiger partial charge in [-0.25, -0.2) is 0 Å². The van der Waals surface area contributed by atoms with Crippen LogP contribution in [0.2, 0.25) is 5.02 Å². The molecular weight excluding hydrogens is 441 g/mol. The first-order valence-corrected chi connectivity index (χ1v) is 10.8. The number of carbonyl (C=O) groups is 1. The number of halogens is 4. The van der Waals surface area contributed by atoms with Crippen LogP contribution >= 0.6 is 35.6 Å². The Morgan fingerprint density at radius 1 is 1.21 bits per heavy atom. The molecule has 2 rings (SSSR count). The van der Waals surface area contributed by atoms with Crippen LogP contribution in [-0.2, 0) is 6.18 Å². The van der Waals surface area contributed by atoms with Crippen molar-refractivity contribution in [3.05, 3.63) is 51.8 Å². The fourth-order valence-electron chi connectivity index (χ4n) is 3.09. The van der Waals surface area contributed by atoms with E-state index in [2.05, 4.69) is 0 Å². The van der Waals surface area contributed by atoms with E-state index in [0.717, 1.165) is 19.2 Å². The Morgan fingerprint density at radius 3 is 2.38 bits per heavy atom. The summed E-state index contributed by atoms with van der Waals surface area (Å²) in [4.78, 5) is 14.7. The third-order valence-electron chi connectivity index (χ3n) is 4.59. The summed E-state index contributed by atoms with van der Waals surface area (Å²) in [5, 5.41) is -0.360. The van der Waals surface area contributed by atoms with E-state index in [0.29, 0.717) is 27.0 Å². The first kappa shape index (κ1) is 23.8. The van der Waals surface area contributed by atoms with Gasteiger partial charge in [0.25, 0.3) is 0 Å². The second kappa shape index (κ2) is 9.53. The maximum absolute atomic E-state index is 13.2. The molecule has 0 aliphatic carbocycles. The summed E-state index contributed by atoms with van der Waals surface area (Å²) < 4.78 is 41.9.